The Morgan fingerprint density at radius 3 is 2.86 bits per heavy atom. The number of nitrogens with one attached hydrogen (secondary N) is 1. The molecule has 0 fully saturated rings. The summed E-state index contributed by atoms with van der Waals surface area (Å²) in [7, 11) is 0. The predicted octanol–water partition coefficient (Wildman–Crippen LogP) is 2.27. The monoisotopic (exact) mass is 213 g/mol. The van der Waals surface area contributed by atoms with E-state index in [0.29, 0.717) is 11.1 Å². The average Bonchev–Trinajstić information content (AvgIpc) is 2.07. The Kier molecular flexibility index (Phi) is 4.17. The molecular formula is C10H16ClN3. The number of nitrogens with two attached hydrogens (primary N) is 1. The second-order valence-electron chi connectivity index (χ2n) is 3.61. The van der Waals surface area contributed by atoms with Gasteiger partial charge in [0.15, 0.2) is 0 Å². The lowest BCUT2D eigenvalue weighted by atomic mass is 10.1. The maximum absolute atomic E-state index is 5.95. The van der Waals surface area contributed by atoms with Gasteiger partial charge in [0, 0.05) is 24.5 Å². The minimum atomic E-state index is 0.193. The summed E-state index contributed by atoms with van der Waals surface area (Å²) >= 11 is 5.95. The van der Waals surface area contributed by atoms with Crippen molar-refractivity contribution < 1.29 is 0 Å². The molecule has 0 bridgehead atoms. The molecule has 3 nitrogen and oxygen atoms in total. The zero-order chi connectivity index (χ0) is 10.6. The molecule has 0 aliphatic carbocycles. The van der Waals surface area contributed by atoms with Crippen molar-refractivity contribution in [1.29, 1.82) is 0 Å². The fourth-order valence-corrected chi connectivity index (χ4v) is 1.55. The zero-order valence-corrected chi connectivity index (χ0v) is 9.25. The summed E-state index contributed by atoms with van der Waals surface area (Å²) in [5.74, 6) is 0. The van der Waals surface area contributed by atoms with Crippen molar-refractivity contribution in [3.8, 4) is 0 Å². The van der Waals surface area contributed by atoms with Gasteiger partial charge in [-0.3, -0.25) is 4.98 Å². The van der Waals surface area contributed by atoms with Crippen LogP contribution in [-0.4, -0.2) is 17.1 Å². The number of pyridine rings is 1. The van der Waals surface area contributed by atoms with Crippen LogP contribution in [0, 0.1) is 0 Å². The summed E-state index contributed by atoms with van der Waals surface area (Å²) in [6.07, 6.45) is 4.26. The van der Waals surface area contributed by atoms with E-state index in [1.807, 2.05) is 13.0 Å². The highest BCUT2D eigenvalue weighted by atomic mass is 35.5. The number of rotatable bonds is 4. The maximum Gasteiger partial charge on any atom is 0.0820 e. The molecule has 78 valence electrons. The van der Waals surface area contributed by atoms with Crippen LogP contribution in [0.15, 0.2) is 18.5 Å². The molecule has 0 aliphatic heterocycles. The first kappa shape index (κ1) is 11.3. The molecule has 2 atom stereocenters. The zero-order valence-electron chi connectivity index (χ0n) is 8.50. The van der Waals surface area contributed by atoms with Crippen molar-refractivity contribution in [3.05, 3.63) is 23.5 Å². The summed E-state index contributed by atoms with van der Waals surface area (Å²) in [5, 5.41) is 3.93. The van der Waals surface area contributed by atoms with Gasteiger partial charge in [-0.25, -0.2) is 0 Å². The van der Waals surface area contributed by atoms with E-state index in [-0.39, 0.29) is 6.04 Å². The second-order valence-corrected chi connectivity index (χ2v) is 4.02. The summed E-state index contributed by atoms with van der Waals surface area (Å²) < 4.78 is 0. The van der Waals surface area contributed by atoms with Gasteiger partial charge in [0.25, 0.3) is 0 Å². The van der Waals surface area contributed by atoms with Crippen molar-refractivity contribution in [2.45, 2.75) is 32.4 Å². The number of aromatic nitrogens is 1. The standard InChI is InChI=1S/C10H16ClN3/c1-7(12)5-8(2)14-10-3-4-13-6-9(10)11/h3-4,6-8H,5,12H2,1-2H3,(H,13,14). The van der Waals surface area contributed by atoms with Crippen LogP contribution in [0.3, 0.4) is 0 Å². The third-order valence-electron chi connectivity index (χ3n) is 1.90. The number of anilines is 1. The minimum Gasteiger partial charge on any atom is -0.381 e. The van der Waals surface area contributed by atoms with E-state index in [4.69, 9.17) is 17.3 Å². The predicted molar refractivity (Wildman–Crippen MR) is 60.6 cm³/mol. The van der Waals surface area contributed by atoms with Crippen LogP contribution in [0.1, 0.15) is 20.3 Å². The van der Waals surface area contributed by atoms with E-state index >= 15 is 0 Å². The van der Waals surface area contributed by atoms with Crippen molar-refractivity contribution in [1.82, 2.24) is 4.98 Å². The summed E-state index contributed by atoms with van der Waals surface area (Å²) in [5.41, 5.74) is 6.61. The molecule has 4 heteroatoms. The van der Waals surface area contributed by atoms with Gasteiger partial charge in [-0.2, -0.15) is 0 Å². The lowest BCUT2D eigenvalue weighted by molar-refractivity contribution is 0.605. The van der Waals surface area contributed by atoms with Gasteiger partial charge < -0.3 is 11.1 Å². The molecule has 1 aromatic heterocycles. The van der Waals surface area contributed by atoms with Gasteiger partial charge in [0.1, 0.15) is 0 Å². The van der Waals surface area contributed by atoms with Gasteiger partial charge in [0.2, 0.25) is 0 Å². The van der Waals surface area contributed by atoms with Crippen molar-refractivity contribution in [2.24, 2.45) is 5.73 Å². The highest BCUT2D eigenvalue weighted by molar-refractivity contribution is 6.33. The van der Waals surface area contributed by atoms with Gasteiger partial charge in [-0.1, -0.05) is 11.6 Å². The highest BCUT2D eigenvalue weighted by Crippen LogP contribution is 2.20. The van der Waals surface area contributed by atoms with Crippen molar-refractivity contribution >= 4 is 17.3 Å². The first-order valence-electron chi connectivity index (χ1n) is 4.71. The molecule has 0 amide bonds. The maximum atomic E-state index is 5.95. The Hall–Kier alpha value is -0.800. The topological polar surface area (TPSA) is 50.9 Å². The van der Waals surface area contributed by atoms with E-state index in [1.54, 1.807) is 12.4 Å². The van der Waals surface area contributed by atoms with Gasteiger partial charge >= 0.3 is 0 Å². The minimum absolute atomic E-state index is 0.193. The first-order valence-corrected chi connectivity index (χ1v) is 5.09. The molecule has 0 spiro atoms. The van der Waals surface area contributed by atoms with Crippen LogP contribution in [-0.2, 0) is 0 Å². The van der Waals surface area contributed by atoms with Crippen molar-refractivity contribution in [2.75, 3.05) is 5.32 Å². The highest BCUT2D eigenvalue weighted by Gasteiger charge is 2.06. The lowest BCUT2D eigenvalue weighted by Crippen LogP contribution is -2.26. The third kappa shape index (κ3) is 3.52. The van der Waals surface area contributed by atoms with Gasteiger partial charge in [-0.15, -0.1) is 0 Å². The molecule has 14 heavy (non-hydrogen) atoms. The molecule has 3 N–H and O–H groups in total. The Labute approximate surface area is 89.7 Å². The van der Waals surface area contributed by atoms with Crippen LogP contribution in [0.4, 0.5) is 5.69 Å². The van der Waals surface area contributed by atoms with Crippen LogP contribution in [0.25, 0.3) is 0 Å². The number of hydrogen-bond donors (Lipinski definition) is 2. The Morgan fingerprint density at radius 1 is 1.57 bits per heavy atom. The Bertz CT molecular complexity index is 288. The molecule has 0 aliphatic rings. The molecule has 0 aromatic carbocycles. The number of nitrogens with zero attached hydrogens (tertiary/aromatic N) is 1. The third-order valence-corrected chi connectivity index (χ3v) is 2.20. The molecule has 1 rings (SSSR count). The van der Waals surface area contributed by atoms with E-state index < -0.39 is 0 Å². The Morgan fingerprint density at radius 2 is 2.29 bits per heavy atom. The van der Waals surface area contributed by atoms with Crippen molar-refractivity contribution in [3.63, 3.8) is 0 Å². The van der Waals surface area contributed by atoms with E-state index in [9.17, 15) is 0 Å². The quantitative estimate of drug-likeness (QED) is 0.807. The van der Waals surface area contributed by atoms with Crippen LogP contribution < -0.4 is 11.1 Å². The summed E-state index contributed by atoms with van der Waals surface area (Å²) in [6.45, 7) is 4.08. The fraction of sp³-hybridized carbons (Fsp3) is 0.500. The summed E-state index contributed by atoms with van der Waals surface area (Å²) in [4.78, 5) is 3.92. The van der Waals surface area contributed by atoms with E-state index in [0.717, 1.165) is 12.1 Å². The van der Waals surface area contributed by atoms with Gasteiger partial charge in [0.05, 0.1) is 10.7 Å². The lowest BCUT2D eigenvalue weighted by Gasteiger charge is -2.17. The molecule has 0 radical (unpaired) electrons. The fourth-order valence-electron chi connectivity index (χ4n) is 1.37. The van der Waals surface area contributed by atoms with Gasteiger partial charge in [-0.05, 0) is 26.3 Å². The molecule has 2 unspecified atom stereocenters. The molecule has 0 saturated heterocycles. The molecule has 0 saturated carbocycles. The van der Waals surface area contributed by atoms with E-state index in [1.165, 1.54) is 0 Å². The number of halogens is 1. The molecule has 1 heterocycles. The SMILES string of the molecule is CC(N)CC(C)Nc1ccncc1Cl. The van der Waals surface area contributed by atoms with Crippen LogP contribution in [0.5, 0.6) is 0 Å². The largest absolute Gasteiger partial charge is 0.381 e. The Balaban J connectivity index is 2.56. The van der Waals surface area contributed by atoms with Crippen LogP contribution in [0.2, 0.25) is 5.02 Å². The number of hydrogen-bond acceptors (Lipinski definition) is 3. The normalized spacial score (nSPS) is 14.9. The second kappa shape index (κ2) is 5.17. The first-order chi connectivity index (χ1) is 6.59. The average molecular weight is 214 g/mol. The summed E-state index contributed by atoms with van der Waals surface area (Å²) in [6, 6.07) is 2.37. The van der Waals surface area contributed by atoms with Crippen LogP contribution >= 0.6 is 11.6 Å². The molecule has 1 aromatic rings. The smallest absolute Gasteiger partial charge is 0.0820 e. The molecular weight excluding hydrogens is 198 g/mol. The van der Waals surface area contributed by atoms with E-state index in [2.05, 4.69) is 17.2 Å².